The van der Waals surface area contributed by atoms with E-state index in [-0.39, 0.29) is 11.4 Å². The second-order valence-corrected chi connectivity index (χ2v) is 9.68. The number of hydrogen-bond acceptors (Lipinski definition) is 5. The Balaban J connectivity index is 1.67. The van der Waals surface area contributed by atoms with E-state index in [2.05, 4.69) is 22.0 Å². The van der Waals surface area contributed by atoms with Gasteiger partial charge in [-0.3, -0.25) is 4.79 Å². The smallest absolute Gasteiger partial charge is 0.243 e. The number of rotatable bonds is 7. The molecule has 1 amide bonds. The first-order chi connectivity index (χ1) is 14.3. The molecule has 9 heteroatoms. The van der Waals surface area contributed by atoms with E-state index in [1.807, 2.05) is 24.3 Å². The van der Waals surface area contributed by atoms with Crippen molar-refractivity contribution in [3.63, 3.8) is 0 Å². The van der Waals surface area contributed by atoms with Crippen molar-refractivity contribution < 1.29 is 13.2 Å². The maximum absolute atomic E-state index is 12.7. The van der Waals surface area contributed by atoms with Crippen molar-refractivity contribution >= 4 is 38.9 Å². The van der Waals surface area contributed by atoms with Crippen molar-refractivity contribution in [2.75, 3.05) is 56.5 Å². The van der Waals surface area contributed by atoms with E-state index >= 15 is 0 Å². The lowest BCUT2D eigenvalue weighted by molar-refractivity contribution is -0.116. The molecule has 1 aliphatic rings. The average Bonchev–Trinajstić information content (AvgIpc) is 2.74. The van der Waals surface area contributed by atoms with Crippen LogP contribution in [0.1, 0.15) is 6.92 Å². The number of amides is 1. The predicted octanol–water partition coefficient (Wildman–Crippen LogP) is 2.74. The minimum Gasteiger partial charge on any atom is -0.367 e. The molecule has 30 heavy (non-hydrogen) atoms. The Morgan fingerprint density at radius 3 is 2.33 bits per heavy atom. The summed E-state index contributed by atoms with van der Waals surface area (Å²) in [6, 6.07) is 13.5. The van der Waals surface area contributed by atoms with Crippen LogP contribution in [-0.2, 0) is 14.8 Å². The first kappa shape index (κ1) is 22.6. The molecule has 1 heterocycles. The summed E-state index contributed by atoms with van der Waals surface area (Å²) in [4.78, 5) is 17.3. The number of halogens is 1. The molecule has 0 spiro atoms. The summed E-state index contributed by atoms with van der Waals surface area (Å²) in [5.41, 5.74) is 1.63. The van der Waals surface area contributed by atoms with Crippen molar-refractivity contribution in [3.05, 3.63) is 53.6 Å². The summed E-state index contributed by atoms with van der Waals surface area (Å²) in [5.74, 6) is -0.394. The monoisotopic (exact) mass is 450 g/mol. The summed E-state index contributed by atoms with van der Waals surface area (Å²) < 4.78 is 26.4. The molecule has 2 aromatic carbocycles. The average molecular weight is 451 g/mol. The number of benzene rings is 2. The minimum atomic E-state index is -3.78. The van der Waals surface area contributed by atoms with E-state index in [1.54, 1.807) is 0 Å². The molecule has 0 aromatic heterocycles. The number of piperazine rings is 1. The van der Waals surface area contributed by atoms with Gasteiger partial charge in [0.2, 0.25) is 15.9 Å². The van der Waals surface area contributed by atoms with Crippen molar-refractivity contribution in [2.24, 2.45) is 0 Å². The van der Waals surface area contributed by atoms with Crippen LogP contribution in [0.5, 0.6) is 0 Å². The number of carbonyl (C=O) groups is 1. The van der Waals surface area contributed by atoms with Crippen molar-refractivity contribution in [1.29, 1.82) is 0 Å². The van der Waals surface area contributed by atoms with Crippen LogP contribution in [0.3, 0.4) is 0 Å². The fourth-order valence-electron chi connectivity index (χ4n) is 3.42. The summed E-state index contributed by atoms with van der Waals surface area (Å²) in [5, 5.41) is 3.32. The fraction of sp³-hybridized carbons (Fsp3) is 0.381. The number of likely N-dealkylation sites (N-methyl/N-ethyl adjacent to an activating group) is 2. The van der Waals surface area contributed by atoms with Crippen LogP contribution in [0.2, 0.25) is 5.02 Å². The normalized spacial score (nSPS) is 15.4. The predicted molar refractivity (Wildman–Crippen MR) is 121 cm³/mol. The Morgan fingerprint density at radius 1 is 1.07 bits per heavy atom. The van der Waals surface area contributed by atoms with Gasteiger partial charge in [0.25, 0.3) is 0 Å². The van der Waals surface area contributed by atoms with Crippen LogP contribution in [0.25, 0.3) is 0 Å². The molecule has 7 nitrogen and oxygen atoms in total. The summed E-state index contributed by atoms with van der Waals surface area (Å²) >= 11 is 5.83. The molecule has 162 valence electrons. The standard InChI is InChI=1S/C21H27ClN4O3S/c1-3-25-12-14-26(15-13-25)20-7-5-4-6-19(20)23-21(27)16-24(2)30(28,29)18-10-8-17(22)9-11-18/h4-11H,3,12-16H2,1-2H3,(H,23,27). The number of hydrogen-bond donors (Lipinski definition) is 1. The highest BCUT2D eigenvalue weighted by molar-refractivity contribution is 7.89. The lowest BCUT2D eigenvalue weighted by atomic mass is 10.2. The number of nitrogens with one attached hydrogen (secondary N) is 1. The van der Waals surface area contributed by atoms with E-state index in [0.717, 1.165) is 42.7 Å². The summed E-state index contributed by atoms with van der Waals surface area (Å²) in [6.07, 6.45) is 0. The molecule has 1 aliphatic heterocycles. The number of sulfonamides is 1. The van der Waals surface area contributed by atoms with Crippen LogP contribution in [0, 0.1) is 0 Å². The third kappa shape index (κ3) is 5.31. The summed E-state index contributed by atoms with van der Waals surface area (Å²) in [7, 11) is -2.40. The molecule has 0 saturated carbocycles. The third-order valence-corrected chi connectivity index (χ3v) is 7.30. The highest BCUT2D eigenvalue weighted by atomic mass is 35.5. The lowest BCUT2D eigenvalue weighted by Gasteiger charge is -2.36. The van der Waals surface area contributed by atoms with Gasteiger partial charge in [0, 0.05) is 38.2 Å². The number of para-hydroxylation sites is 2. The number of carbonyl (C=O) groups excluding carboxylic acids is 1. The maximum atomic E-state index is 12.7. The van der Waals surface area contributed by atoms with Crippen LogP contribution >= 0.6 is 11.6 Å². The molecule has 0 atom stereocenters. The number of anilines is 2. The van der Waals surface area contributed by atoms with Gasteiger partial charge in [0.05, 0.1) is 22.8 Å². The van der Waals surface area contributed by atoms with Crippen molar-refractivity contribution in [2.45, 2.75) is 11.8 Å². The zero-order valence-corrected chi connectivity index (χ0v) is 18.8. The highest BCUT2D eigenvalue weighted by Crippen LogP contribution is 2.27. The Bertz CT molecular complexity index is 974. The van der Waals surface area contributed by atoms with E-state index in [0.29, 0.717) is 10.7 Å². The molecule has 0 unspecified atom stereocenters. The molecule has 2 aromatic rings. The van der Waals surface area contributed by atoms with Gasteiger partial charge in [0.15, 0.2) is 0 Å². The first-order valence-corrected chi connectivity index (χ1v) is 11.7. The second kappa shape index (κ2) is 9.78. The fourth-order valence-corrected chi connectivity index (χ4v) is 4.68. The lowest BCUT2D eigenvalue weighted by Crippen LogP contribution is -2.46. The molecule has 3 rings (SSSR count). The van der Waals surface area contributed by atoms with Crippen molar-refractivity contribution in [3.8, 4) is 0 Å². The molecular weight excluding hydrogens is 424 g/mol. The van der Waals surface area contributed by atoms with Gasteiger partial charge in [-0.2, -0.15) is 4.31 Å². The van der Waals surface area contributed by atoms with E-state index in [1.165, 1.54) is 31.3 Å². The minimum absolute atomic E-state index is 0.0939. The van der Waals surface area contributed by atoms with Gasteiger partial charge in [-0.1, -0.05) is 30.7 Å². The highest BCUT2D eigenvalue weighted by Gasteiger charge is 2.24. The Labute approximate surface area is 183 Å². The first-order valence-electron chi connectivity index (χ1n) is 9.89. The number of nitrogens with zero attached hydrogens (tertiary/aromatic N) is 3. The van der Waals surface area contributed by atoms with Gasteiger partial charge >= 0.3 is 0 Å². The van der Waals surface area contributed by atoms with Gasteiger partial charge in [-0.05, 0) is 42.9 Å². The van der Waals surface area contributed by atoms with Crippen LogP contribution in [0.15, 0.2) is 53.4 Å². The topological polar surface area (TPSA) is 73.0 Å². The molecule has 1 saturated heterocycles. The zero-order valence-electron chi connectivity index (χ0n) is 17.2. The zero-order chi connectivity index (χ0) is 21.7. The molecule has 1 N–H and O–H groups in total. The van der Waals surface area contributed by atoms with Gasteiger partial charge in [-0.15, -0.1) is 0 Å². The second-order valence-electron chi connectivity index (χ2n) is 7.20. The van der Waals surface area contributed by atoms with Gasteiger partial charge < -0.3 is 15.1 Å². The van der Waals surface area contributed by atoms with Crippen molar-refractivity contribution in [1.82, 2.24) is 9.21 Å². The molecule has 0 aliphatic carbocycles. The van der Waals surface area contributed by atoms with E-state index in [9.17, 15) is 13.2 Å². The molecule has 0 bridgehead atoms. The largest absolute Gasteiger partial charge is 0.367 e. The summed E-state index contributed by atoms with van der Waals surface area (Å²) in [6.45, 7) is 6.60. The Kier molecular flexibility index (Phi) is 7.36. The van der Waals surface area contributed by atoms with Gasteiger partial charge in [-0.25, -0.2) is 8.42 Å². The molecule has 1 fully saturated rings. The SMILES string of the molecule is CCN1CCN(c2ccccc2NC(=O)CN(C)S(=O)(=O)c2ccc(Cl)cc2)CC1. The van der Waals surface area contributed by atoms with E-state index < -0.39 is 15.9 Å². The Morgan fingerprint density at radius 2 is 1.70 bits per heavy atom. The Hall–Kier alpha value is -2.13. The third-order valence-electron chi connectivity index (χ3n) is 5.23. The maximum Gasteiger partial charge on any atom is 0.243 e. The van der Waals surface area contributed by atoms with E-state index in [4.69, 9.17) is 11.6 Å². The quantitative estimate of drug-likeness (QED) is 0.702. The molecular formula is C21H27ClN4O3S. The van der Waals surface area contributed by atoms with Crippen LogP contribution in [-0.4, -0.2) is 69.8 Å². The molecule has 0 radical (unpaired) electrons. The van der Waals surface area contributed by atoms with Gasteiger partial charge in [0.1, 0.15) is 0 Å². The van der Waals surface area contributed by atoms with Crippen LogP contribution < -0.4 is 10.2 Å². The van der Waals surface area contributed by atoms with Crippen LogP contribution in [0.4, 0.5) is 11.4 Å².